The molecule has 1 unspecified atom stereocenters. The molecule has 102 valence electrons. The molecule has 1 aliphatic carbocycles. The number of carbonyl (C=O) groups excluding carboxylic acids is 1. The van der Waals surface area contributed by atoms with E-state index in [9.17, 15) is 4.79 Å². The zero-order chi connectivity index (χ0) is 13.1. The fourth-order valence-corrected chi connectivity index (χ4v) is 3.19. The first-order valence-electron chi connectivity index (χ1n) is 7.41. The van der Waals surface area contributed by atoms with E-state index in [-0.39, 0.29) is 11.8 Å². The lowest BCUT2D eigenvalue weighted by Gasteiger charge is -2.29. The minimum absolute atomic E-state index is 0.101. The largest absolute Gasteiger partial charge is 0.356 e. The van der Waals surface area contributed by atoms with Gasteiger partial charge in [0.2, 0.25) is 5.91 Å². The average Bonchev–Trinajstić information content (AvgIpc) is 2.41. The first-order chi connectivity index (χ1) is 9.34. The Balaban J connectivity index is 1.43. The summed E-state index contributed by atoms with van der Waals surface area (Å²) in [5.74, 6) is 1.10. The molecule has 19 heavy (non-hydrogen) atoms. The van der Waals surface area contributed by atoms with Crippen LogP contribution in [-0.4, -0.2) is 25.5 Å². The number of rotatable bonds is 4. The van der Waals surface area contributed by atoms with Gasteiger partial charge in [-0.1, -0.05) is 24.3 Å². The molecule has 1 aromatic carbocycles. The average molecular weight is 258 g/mol. The topological polar surface area (TPSA) is 41.1 Å². The second-order valence-corrected chi connectivity index (χ2v) is 5.73. The first kappa shape index (κ1) is 12.7. The van der Waals surface area contributed by atoms with Gasteiger partial charge in [0.15, 0.2) is 0 Å². The summed E-state index contributed by atoms with van der Waals surface area (Å²) in [5.41, 5.74) is 2.56. The molecular weight excluding hydrogens is 236 g/mol. The van der Waals surface area contributed by atoms with Crippen molar-refractivity contribution in [3.05, 3.63) is 35.4 Å². The molecule has 0 spiro atoms. The summed E-state index contributed by atoms with van der Waals surface area (Å²) in [5, 5.41) is 6.49. The number of piperidine rings is 1. The molecule has 0 aromatic heterocycles. The van der Waals surface area contributed by atoms with Gasteiger partial charge >= 0.3 is 0 Å². The van der Waals surface area contributed by atoms with Crippen molar-refractivity contribution in [1.82, 2.24) is 10.6 Å². The van der Waals surface area contributed by atoms with E-state index in [0.717, 1.165) is 38.4 Å². The standard InChI is InChI=1S/C16H22N2O/c19-16(15-11-13-3-1-2-4-14(13)15)18-10-7-12-5-8-17-9-6-12/h1-4,12,15,17H,5-11H2,(H,18,19). The van der Waals surface area contributed by atoms with Crippen LogP contribution in [0.2, 0.25) is 0 Å². The number of benzene rings is 1. The van der Waals surface area contributed by atoms with Crippen molar-refractivity contribution in [3.63, 3.8) is 0 Å². The zero-order valence-electron chi connectivity index (χ0n) is 11.3. The number of carbonyl (C=O) groups is 1. The summed E-state index contributed by atoms with van der Waals surface area (Å²) >= 11 is 0. The van der Waals surface area contributed by atoms with Crippen LogP contribution in [0.15, 0.2) is 24.3 Å². The van der Waals surface area contributed by atoms with Crippen LogP contribution in [0.5, 0.6) is 0 Å². The third kappa shape index (κ3) is 2.81. The molecule has 1 atom stereocenters. The van der Waals surface area contributed by atoms with Crippen molar-refractivity contribution in [3.8, 4) is 0 Å². The molecule has 0 saturated carbocycles. The molecule has 1 heterocycles. The molecule has 1 aromatic rings. The number of hydrogen-bond acceptors (Lipinski definition) is 2. The van der Waals surface area contributed by atoms with E-state index in [2.05, 4.69) is 22.8 Å². The molecule has 1 amide bonds. The summed E-state index contributed by atoms with van der Waals surface area (Å²) in [7, 11) is 0. The Morgan fingerprint density at radius 3 is 2.84 bits per heavy atom. The fourth-order valence-electron chi connectivity index (χ4n) is 3.19. The quantitative estimate of drug-likeness (QED) is 0.865. The van der Waals surface area contributed by atoms with E-state index < -0.39 is 0 Å². The smallest absolute Gasteiger partial charge is 0.227 e. The van der Waals surface area contributed by atoms with Crippen LogP contribution >= 0.6 is 0 Å². The van der Waals surface area contributed by atoms with Gasteiger partial charge < -0.3 is 10.6 Å². The minimum atomic E-state index is 0.101. The highest BCUT2D eigenvalue weighted by atomic mass is 16.1. The minimum Gasteiger partial charge on any atom is -0.356 e. The van der Waals surface area contributed by atoms with E-state index >= 15 is 0 Å². The molecule has 2 N–H and O–H groups in total. The Morgan fingerprint density at radius 1 is 1.26 bits per heavy atom. The fraction of sp³-hybridized carbons (Fsp3) is 0.562. The Bertz CT molecular complexity index is 452. The summed E-state index contributed by atoms with van der Waals surface area (Å²) in [6.07, 6.45) is 4.54. The van der Waals surface area contributed by atoms with Crippen molar-refractivity contribution in [2.24, 2.45) is 5.92 Å². The van der Waals surface area contributed by atoms with Gasteiger partial charge in [-0.25, -0.2) is 0 Å². The molecule has 3 rings (SSSR count). The summed E-state index contributed by atoms with van der Waals surface area (Å²) in [4.78, 5) is 12.1. The third-order valence-corrected chi connectivity index (χ3v) is 4.48. The van der Waals surface area contributed by atoms with Crippen LogP contribution in [0.1, 0.15) is 36.3 Å². The van der Waals surface area contributed by atoms with Crippen LogP contribution in [0.4, 0.5) is 0 Å². The molecule has 0 radical (unpaired) electrons. The number of fused-ring (bicyclic) bond motifs is 1. The van der Waals surface area contributed by atoms with Crippen molar-refractivity contribution < 1.29 is 4.79 Å². The van der Waals surface area contributed by atoms with Crippen LogP contribution < -0.4 is 10.6 Å². The zero-order valence-corrected chi connectivity index (χ0v) is 11.3. The Kier molecular flexibility index (Phi) is 3.83. The number of amides is 1. The predicted molar refractivity (Wildman–Crippen MR) is 76.1 cm³/mol. The molecule has 0 bridgehead atoms. The van der Waals surface area contributed by atoms with Gasteiger partial charge in [-0.3, -0.25) is 4.79 Å². The van der Waals surface area contributed by atoms with Crippen molar-refractivity contribution in [2.45, 2.75) is 31.6 Å². The summed E-state index contributed by atoms with van der Waals surface area (Å²) < 4.78 is 0. The van der Waals surface area contributed by atoms with Gasteiger partial charge in [-0.2, -0.15) is 0 Å². The predicted octanol–water partition coefficient (Wildman–Crippen LogP) is 1.83. The molecule has 1 fully saturated rings. The number of hydrogen-bond donors (Lipinski definition) is 2. The van der Waals surface area contributed by atoms with Crippen molar-refractivity contribution in [1.29, 1.82) is 0 Å². The van der Waals surface area contributed by atoms with E-state index in [0.29, 0.717) is 0 Å². The van der Waals surface area contributed by atoms with Gasteiger partial charge in [-0.05, 0) is 55.8 Å². The maximum atomic E-state index is 12.1. The Morgan fingerprint density at radius 2 is 2.05 bits per heavy atom. The second kappa shape index (κ2) is 5.74. The van der Waals surface area contributed by atoms with Crippen LogP contribution in [-0.2, 0) is 11.2 Å². The lowest BCUT2D eigenvalue weighted by molar-refractivity contribution is -0.123. The monoisotopic (exact) mass is 258 g/mol. The van der Waals surface area contributed by atoms with E-state index in [4.69, 9.17) is 0 Å². The first-order valence-corrected chi connectivity index (χ1v) is 7.41. The Hall–Kier alpha value is -1.35. The van der Waals surface area contributed by atoms with Gasteiger partial charge in [0.25, 0.3) is 0 Å². The summed E-state index contributed by atoms with van der Waals surface area (Å²) in [6, 6.07) is 8.27. The van der Waals surface area contributed by atoms with Gasteiger partial charge in [0.05, 0.1) is 5.92 Å². The third-order valence-electron chi connectivity index (χ3n) is 4.48. The second-order valence-electron chi connectivity index (χ2n) is 5.73. The van der Waals surface area contributed by atoms with Crippen molar-refractivity contribution in [2.75, 3.05) is 19.6 Å². The van der Waals surface area contributed by atoms with Gasteiger partial charge in [0.1, 0.15) is 0 Å². The van der Waals surface area contributed by atoms with Gasteiger partial charge in [0, 0.05) is 6.54 Å². The molecule has 3 heteroatoms. The Labute approximate surface area is 114 Å². The van der Waals surface area contributed by atoms with Crippen molar-refractivity contribution >= 4 is 5.91 Å². The van der Waals surface area contributed by atoms with E-state index in [1.54, 1.807) is 0 Å². The highest BCUT2D eigenvalue weighted by Crippen LogP contribution is 2.34. The number of nitrogens with one attached hydrogen (secondary N) is 2. The van der Waals surface area contributed by atoms with Gasteiger partial charge in [-0.15, -0.1) is 0 Å². The van der Waals surface area contributed by atoms with Crippen LogP contribution in [0.3, 0.4) is 0 Å². The summed E-state index contributed by atoms with van der Waals surface area (Å²) in [6.45, 7) is 3.10. The van der Waals surface area contributed by atoms with E-state index in [1.165, 1.54) is 24.0 Å². The highest BCUT2D eigenvalue weighted by Gasteiger charge is 2.31. The molecule has 1 aliphatic heterocycles. The van der Waals surface area contributed by atoms with Crippen LogP contribution in [0, 0.1) is 5.92 Å². The molecule has 2 aliphatic rings. The lowest BCUT2D eigenvalue weighted by atomic mass is 9.77. The highest BCUT2D eigenvalue weighted by molar-refractivity contribution is 5.86. The van der Waals surface area contributed by atoms with E-state index in [1.807, 2.05) is 12.1 Å². The normalized spacial score (nSPS) is 22.4. The maximum Gasteiger partial charge on any atom is 0.227 e. The molecule has 3 nitrogen and oxygen atoms in total. The van der Waals surface area contributed by atoms with Crippen LogP contribution in [0.25, 0.3) is 0 Å². The molecule has 1 saturated heterocycles. The molecular formula is C16H22N2O. The SMILES string of the molecule is O=C(NCCC1CCNCC1)C1Cc2ccccc21. The maximum absolute atomic E-state index is 12.1. The lowest BCUT2D eigenvalue weighted by Crippen LogP contribution is -2.37.